The van der Waals surface area contributed by atoms with Crippen LogP contribution in [-0.4, -0.2) is 38.8 Å². The molecule has 0 aliphatic rings. The van der Waals surface area contributed by atoms with Crippen LogP contribution in [0.1, 0.15) is 24.8 Å². The molecular formula is C11H21N3OS. The SMILES string of the molecule is CNC(C)c1cnc(N(C)C(C)COC)s1. The van der Waals surface area contributed by atoms with E-state index in [4.69, 9.17) is 4.74 Å². The first-order chi connectivity index (χ1) is 7.60. The van der Waals surface area contributed by atoms with Crippen molar-refractivity contribution in [2.24, 2.45) is 0 Å². The molecule has 1 aromatic heterocycles. The molecule has 1 heterocycles. The molecule has 16 heavy (non-hydrogen) atoms. The summed E-state index contributed by atoms with van der Waals surface area (Å²) in [5.41, 5.74) is 0. The number of nitrogens with zero attached hydrogens (tertiary/aromatic N) is 2. The number of ether oxygens (including phenoxy) is 1. The Morgan fingerprint density at radius 1 is 1.56 bits per heavy atom. The third-order valence-electron chi connectivity index (χ3n) is 2.74. The van der Waals surface area contributed by atoms with Gasteiger partial charge in [0.15, 0.2) is 5.13 Å². The maximum atomic E-state index is 5.14. The molecule has 0 amide bonds. The number of hydrogen-bond acceptors (Lipinski definition) is 5. The molecule has 0 fully saturated rings. The van der Waals surface area contributed by atoms with E-state index in [9.17, 15) is 0 Å². The van der Waals surface area contributed by atoms with Crippen LogP contribution in [0.15, 0.2) is 6.20 Å². The molecule has 0 radical (unpaired) electrons. The van der Waals surface area contributed by atoms with Crippen molar-refractivity contribution < 1.29 is 4.74 Å². The lowest BCUT2D eigenvalue weighted by Gasteiger charge is -2.23. The van der Waals surface area contributed by atoms with Crippen molar-refractivity contribution in [1.29, 1.82) is 0 Å². The molecule has 2 atom stereocenters. The third kappa shape index (κ3) is 3.17. The van der Waals surface area contributed by atoms with Crippen LogP contribution in [0.25, 0.3) is 0 Å². The van der Waals surface area contributed by atoms with Gasteiger partial charge in [0.1, 0.15) is 0 Å². The molecule has 5 heteroatoms. The molecule has 0 saturated heterocycles. The summed E-state index contributed by atoms with van der Waals surface area (Å²) in [7, 11) is 5.73. The van der Waals surface area contributed by atoms with Crippen LogP contribution in [-0.2, 0) is 4.74 Å². The lowest BCUT2D eigenvalue weighted by atomic mass is 10.3. The summed E-state index contributed by atoms with van der Waals surface area (Å²) in [6.07, 6.45) is 1.94. The topological polar surface area (TPSA) is 37.4 Å². The van der Waals surface area contributed by atoms with Crippen molar-refractivity contribution in [2.45, 2.75) is 25.9 Å². The Hall–Kier alpha value is -0.650. The lowest BCUT2D eigenvalue weighted by Crippen LogP contribution is -2.32. The number of anilines is 1. The van der Waals surface area contributed by atoms with E-state index >= 15 is 0 Å². The van der Waals surface area contributed by atoms with Gasteiger partial charge in [0, 0.05) is 31.3 Å². The first kappa shape index (κ1) is 13.4. The zero-order valence-corrected chi connectivity index (χ0v) is 11.5. The average Bonchev–Trinajstić information content (AvgIpc) is 2.76. The molecule has 0 aliphatic heterocycles. The smallest absolute Gasteiger partial charge is 0.185 e. The molecule has 0 aromatic carbocycles. The summed E-state index contributed by atoms with van der Waals surface area (Å²) in [4.78, 5) is 7.85. The third-order valence-corrected chi connectivity index (χ3v) is 4.01. The molecule has 0 saturated carbocycles. The predicted molar refractivity (Wildman–Crippen MR) is 69.3 cm³/mol. The van der Waals surface area contributed by atoms with Crippen molar-refractivity contribution in [2.75, 3.05) is 32.7 Å². The second kappa shape index (κ2) is 6.18. The highest BCUT2D eigenvalue weighted by Crippen LogP contribution is 2.27. The van der Waals surface area contributed by atoms with Crippen molar-refractivity contribution in [3.63, 3.8) is 0 Å². The Kier molecular flexibility index (Phi) is 5.18. The van der Waals surface area contributed by atoms with Gasteiger partial charge < -0.3 is 15.0 Å². The van der Waals surface area contributed by atoms with E-state index in [-0.39, 0.29) is 0 Å². The van der Waals surface area contributed by atoms with Gasteiger partial charge in [-0.25, -0.2) is 4.98 Å². The van der Waals surface area contributed by atoms with Crippen LogP contribution in [0.2, 0.25) is 0 Å². The second-order valence-corrected chi connectivity index (χ2v) is 5.01. The fourth-order valence-electron chi connectivity index (χ4n) is 1.32. The van der Waals surface area contributed by atoms with Gasteiger partial charge in [-0.1, -0.05) is 0 Å². The van der Waals surface area contributed by atoms with Crippen molar-refractivity contribution >= 4 is 16.5 Å². The number of methoxy groups -OCH3 is 1. The summed E-state index contributed by atoms with van der Waals surface area (Å²) in [6.45, 7) is 4.98. The predicted octanol–water partition coefficient (Wildman–Crippen LogP) is 1.89. The van der Waals surface area contributed by atoms with E-state index in [0.29, 0.717) is 18.7 Å². The van der Waals surface area contributed by atoms with Gasteiger partial charge in [0.05, 0.1) is 12.6 Å². The van der Waals surface area contributed by atoms with Gasteiger partial charge in [-0.2, -0.15) is 0 Å². The quantitative estimate of drug-likeness (QED) is 0.828. The summed E-state index contributed by atoms with van der Waals surface area (Å²) >= 11 is 1.72. The highest BCUT2D eigenvalue weighted by molar-refractivity contribution is 7.15. The van der Waals surface area contributed by atoms with Crippen LogP contribution < -0.4 is 10.2 Å². The number of likely N-dealkylation sites (N-methyl/N-ethyl adjacent to an activating group) is 1. The van der Waals surface area contributed by atoms with E-state index in [1.807, 2.05) is 13.2 Å². The van der Waals surface area contributed by atoms with Crippen molar-refractivity contribution in [3.8, 4) is 0 Å². The Balaban J connectivity index is 2.69. The first-order valence-electron chi connectivity index (χ1n) is 5.44. The Labute approximate surface area is 102 Å². The van der Waals surface area contributed by atoms with Gasteiger partial charge in [-0.15, -0.1) is 11.3 Å². The summed E-state index contributed by atoms with van der Waals surface area (Å²) < 4.78 is 5.14. The van der Waals surface area contributed by atoms with E-state index in [1.54, 1.807) is 18.4 Å². The first-order valence-corrected chi connectivity index (χ1v) is 6.26. The number of thiazole rings is 1. The minimum Gasteiger partial charge on any atom is -0.383 e. The molecule has 1 aromatic rings. The minimum absolute atomic E-state index is 0.342. The Morgan fingerprint density at radius 2 is 2.25 bits per heavy atom. The molecule has 0 bridgehead atoms. The molecule has 0 spiro atoms. The molecule has 92 valence electrons. The zero-order valence-electron chi connectivity index (χ0n) is 10.7. The van der Waals surface area contributed by atoms with Crippen LogP contribution in [0.5, 0.6) is 0 Å². The van der Waals surface area contributed by atoms with Crippen LogP contribution >= 0.6 is 11.3 Å². The van der Waals surface area contributed by atoms with Gasteiger partial charge in [0.25, 0.3) is 0 Å². The maximum absolute atomic E-state index is 5.14. The zero-order chi connectivity index (χ0) is 12.1. The van der Waals surface area contributed by atoms with Crippen LogP contribution in [0.4, 0.5) is 5.13 Å². The summed E-state index contributed by atoms with van der Waals surface area (Å²) in [5.74, 6) is 0. The van der Waals surface area contributed by atoms with Gasteiger partial charge >= 0.3 is 0 Å². The Morgan fingerprint density at radius 3 is 2.81 bits per heavy atom. The molecular weight excluding hydrogens is 222 g/mol. The lowest BCUT2D eigenvalue weighted by molar-refractivity contribution is 0.183. The van der Waals surface area contributed by atoms with Crippen LogP contribution in [0.3, 0.4) is 0 Å². The standard InChI is InChI=1S/C11H21N3OS/c1-8(7-15-5)14(4)11-13-6-10(16-11)9(2)12-3/h6,8-9,12H,7H2,1-5H3. The van der Waals surface area contributed by atoms with E-state index in [0.717, 1.165) is 5.13 Å². The Bertz CT molecular complexity index is 316. The highest BCUT2D eigenvalue weighted by atomic mass is 32.1. The fourth-order valence-corrected chi connectivity index (χ4v) is 2.36. The van der Waals surface area contributed by atoms with Crippen molar-refractivity contribution in [3.05, 3.63) is 11.1 Å². The average molecular weight is 243 g/mol. The largest absolute Gasteiger partial charge is 0.383 e. The van der Waals surface area contributed by atoms with Crippen LogP contribution in [0, 0.1) is 0 Å². The monoisotopic (exact) mass is 243 g/mol. The summed E-state index contributed by atoms with van der Waals surface area (Å²) in [5, 5.41) is 4.26. The molecule has 2 unspecified atom stereocenters. The normalized spacial score (nSPS) is 14.8. The fraction of sp³-hybridized carbons (Fsp3) is 0.727. The van der Waals surface area contributed by atoms with Crippen molar-refractivity contribution in [1.82, 2.24) is 10.3 Å². The number of hydrogen-bond donors (Lipinski definition) is 1. The summed E-state index contributed by atoms with van der Waals surface area (Å²) in [6, 6.07) is 0.700. The highest BCUT2D eigenvalue weighted by Gasteiger charge is 2.15. The van der Waals surface area contributed by atoms with E-state index in [1.165, 1.54) is 4.88 Å². The van der Waals surface area contributed by atoms with Gasteiger partial charge in [-0.05, 0) is 20.9 Å². The minimum atomic E-state index is 0.342. The molecule has 1 rings (SSSR count). The number of aromatic nitrogens is 1. The van der Waals surface area contributed by atoms with Gasteiger partial charge in [0.2, 0.25) is 0 Å². The van der Waals surface area contributed by atoms with E-state index < -0.39 is 0 Å². The number of rotatable bonds is 6. The maximum Gasteiger partial charge on any atom is 0.185 e. The number of nitrogens with one attached hydrogen (secondary N) is 1. The second-order valence-electron chi connectivity index (χ2n) is 3.97. The van der Waals surface area contributed by atoms with Gasteiger partial charge in [-0.3, -0.25) is 0 Å². The molecule has 1 N–H and O–H groups in total. The molecule has 0 aliphatic carbocycles. The molecule has 4 nitrogen and oxygen atoms in total. The van der Waals surface area contributed by atoms with E-state index in [2.05, 4.69) is 36.1 Å².